The molecule has 1 aliphatic rings. The summed E-state index contributed by atoms with van der Waals surface area (Å²) in [6.45, 7) is 0. The van der Waals surface area contributed by atoms with Crippen molar-refractivity contribution in [2.24, 2.45) is 0 Å². The number of nitro groups is 1. The van der Waals surface area contributed by atoms with Crippen LogP contribution in [0.25, 0.3) is 5.76 Å². The molecular weight excluding hydrogens is 412 g/mol. The van der Waals surface area contributed by atoms with Crippen LogP contribution >= 0.6 is 0 Å². The van der Waals surface area contributed by atoms with Gasteiger partial charge >= 0.3 is 5.97 Å². The fourth-order valence-corrected chi connectivity index (χ4v) is 2.73. The topological polar surface area (TPSA) is 191 Å². The number of carboxylic acid groups (broad SMARTS) is 1. The van der Waals surface area contributed by atoms with Gasteiger partial charge in [0.1, 0.15) is 11.8 Å². The quantitative estimate of drug-likeness (QED) is 0.160. The molecule has 0 aliphatic carbocycles. The number of carbonyl (C=O) groups excluding carboxylic acids is 3. The van der Waals surface area contributed by atoms with Crippen LogP contribution in [-0.4, -0.2) is 43.8 Å². The van der Waals surface area contributed by atoms with Crippen LogP contribution in [0.1, 0.15) is 36.6 Å². The molecule has 0 saturated carbocycles. The molecule has 0 aromatic heterocycles. The van der Waals surface area contributed by atoms with E-state index in [2.05, 4.69) is 0 Å². The maximum Gasteiger partial charge on any atom is 0.335 e. The molecule has 12 nitrogen and oxygen atoms in total. The molecule has 1 heterocycles. The van der Waals surface area contributed by atoms with Gasteiger partial charge in [0.05, 0.1) is 21.6 Å². The third-order valence-electron chi connectivity index (χ3n) is 4.27. The largest absolute Gasteiger partial charge is 0.506 e. The van der Waals surface area contributed by atoms with Crippen molar-refractivity contribution in [3.05, 3.63) is 80.4 Å². The summed E-state index contributed by atoms with van der Waals surface area (Å²) in [6, 6.07) is 8.93. The van der Waals surface area contributed by atoms with Gasteiger partial charge in [-0.1, -0.05) is 0 Å². The van der Waals surface area contributed by atoms with Crippen LogP contribution in [0.3, 0.4) is 0 Å². The minimum Gasteiger partial charge on any atom is -0.506 e. The SMILES string of the molecule is N#C/C(C(=O)NN1C(=O)c2ccc(C(=O)O)cc2C1=O)=C(\O)c1ccc([N+](=O)[O-])cc1. The van der Waals surface area contributed by atoms with Crippen molar-refractivity contribution in [3.8, 4) is 6.07 Å². The second-order valence-corrected chi connectivity index (χ2v) is 6.09. The number of nitrogens with zero attached hydrogens (tertiary/aromatic N) is 3. The summed E-state index contributed by atoms with van der Waals surface area (Å²) in [5.41, 5.74) is 0.00167. The van der Waals surface area contributed by atoms with Gasteiger partial charge in [0.15, 0.2) is 5.57 Å². The molecule has 0 bridgehead atoms. The third kappa shape index (κ3) is 3.66. The molecular formula is C19H10N4O8. The van der Waals surface area contributed by atoms with E-state index in [1.54, 1.807) is 0 Å². The first-order valence-corrected chi connectivity index (χ1v) is 8.31. The van der Waals surface area contributed by atoms with E-state index < -0.39 is 39.9 Å². The number of carbonyl (C=O) groups is 4. The van der Waals surface area contributed by atoms with Gasteiger partial charge in [-0.3, -0.25) is 29.9 Å². The Morgan fingerprint density at radius 1 is 1.00 bits per heavy atom. The monoisotopic (exact) mass is 422 g/mol. The Balaban J connectivity index is 1.88. The van der Waals surface area contributed by atoms with Gasteiger partial charge in [-0.15, -0.1) is 0 Å². The first kappa shape index (κ1) is 20.7. The molecule has 12 heteroatoms. The smallest absolute Gasteiger partial charge is 0.335 e. The van der Waals surface area contributed by atoms with E-state index in [0.29, 0.717) is 5.01 Å². The van der Waals surface area contributed by atoms with Gasteiger partial charge in [0.25, 0.3) is 23.4 Å². The molecule has 3 N–H and O–H groups in total. The first-order chi connectivity index (χ1) is 14.6. The predicted molar refractivity (Wildman–Crippen MR) is 100 cm³/mol. The van der Waals surface area contributed by atoms with Crippen LogP contribution in [0.15, 0.2) is 48.0 Å². The Labute approximate surface area is 172 Å². The maximum atomic E-state index is 12.4. The highest BCUT2D eigenvalue weighted by atomic mass is 16.6. The number of rotatable bonds is 5. The summed E-state index contributed by atoms with van der Waals surface area (Å²) in [5, 5.41) is 39.5. The zero-order chi connectivity index (χ0) is 22.9. The highest BCUT2D eigenvalue weighted by Gasteiger charge is 2.38. The Hall–Kier alpha value is -5.05. The normalized spacial score (nSPS) is 13.2. The molecule has 1 aliphatic heterocycles. The molecule has 0 saturated heterocycles. The fraction of sp³-hybridized carbons (Fsp3) is 0. The Bertz CT molecular complexity index is 1240. The number of hydrogen-bond donors (Lipinski definition) is 3. The average molecular weight is 422 g/mol. The van der Waals surface area contributed by atoms with Gasteiger partial charge in [-0.05, 0) is 30.3 Å². The summed E-state index contributed by atoms with van der Waals surface area (Å²) in [7, 11) is 0. The molecule has 3 rings (SSSR count). The second-order valence-electron chi connectivity index (χ2n) is 6.09. The number of imide groups is 1. The van der Waals surface area contributed by atoms with Gasteiger partial charge < -0.3 is 10.2 Å². The van der Waals surface area contributed by atoms with Gasteiger partial charge in [0, 0.05) is 17.7 Å². The predicted octanol–water partition coefficient (Wildman–Crippen LogP) is 1.41. The van der Waals surface area contributed by atoms with Gasteiger partial charge in [0.2, 0.25) is 0 Å². The summed E-state index contributed by atoms with van der Waals surface area (Å²) >= 11 is 0. The number of hydrazine groups is 1. The zero-order valence-electron chi connectivity index (χ0n) is 15.2. The first-order valence-electron chi connectivity index (χ1n) is 8.31. The van der Waals surface area contributed by atoms with Crippen molar-refractivity contribution in [1.29, 1.82) is 5.26 Å². The molecule has 0 atom stereocenters. The van der Waals surface area contributed by atoms with Crippen LogP contribution in [0.5, 0.6) is 0 Å². The molecule has 3 amide bonds. The van der Waals surface area contributed by atoms with E-state index in [0.717, 1.165) is 42.5 Å². The minimum atomic E-state index is -1.33. The van der Waals surface area contributed by atoms with E-state index in [1.807, 2.05) is 5.43 Å². The number of amides is 3. The third-order valence-corrected chi connectivity index (χ3v) is 4.27. The number of nitriles is 1. The minimum absolute atomic E-state index is 0.0919. The van der Waals surface area contributed by atoms with Crippen LogP contribution in [0.4, 0.5) is 5.69 Å². The lowest BCUT2D eigenvalue weighted by Crippen LogP contribution is -2.46. The second kappa shape index (κ2) is 7.76. The average Bonchev–Trinajstić information content (AvgIpc) is 2.98. The standard InChI is InChI=1S/C19H10N4O8/c20-8-14(15(24)9-1-4-11(5-2-9)23(30)31)16(25)21-22-17(26)12-6-3-10(19(28)29)7-13(12)18(22)27/h1-7,24H,(H,21,25)(H,28,29)/b15-14+. The number of fused-ring (bicyclic) bond motifs is 1. The lowest BCUT2D eigenvalue weighted by Gasteiger charge is -2.15. The van der Waals surface area contributed by atoms with E-state index in [1.165, 1.54) is 6.07 Å². The summed E-state index contributed by atoms with van der Waals surface area (Å²) in [4.78, 5) is 58.4. The molecule has 31 heavy (non-hydrogen) atoms. The van der Waals surface area contributed by atoms with Gasteiger partial charge in [-0.2, -0.15) is 10.3 Å². The number of nitrogens with one attached hydrogen (secondary N) is 1. The van der Waals surface area contributed by atoms with Crippen LogP contribution in [0, 0.1) is 21.4 Å². The number of non-ortho nitro benzene ring substituents is 1. The highest BCUT2D eigenvalue weighted by Crippen LogP contribution is 2.24. The summed E-state index contributed by atoms with van der Waals surface area (Å²) in [6.07, 6.45) is 0. The zero-order valence-corrected chi connectivity index (χ0v) is 15.2. The van der Waals surface area contributed by atoms with Crippen molar-refractivity contribution in [2.75, 3.05) is 0 Å². The van der Waals surface area contributed by atoms with Gasteiger partial charge in [-0.25, -0.2) is 4.79 Å². The van der Waals surface area contributed by atoms with Crippen LogP contribution < -0.4 is 5.43 Å². The summed E-state index contributed by atoms with van der Waals surface area (Å²) < 4.78 is 0. The maximum absolute atomic E-state index is 12.4. The van der Waals surface area contributed by atoms with Crippen molar-refractivity contribution < 1.29 is 34.3 Å². The van der Waals surface area contributed by atoms with E-state index in [9.17, 15) is 39.7 Å². The molecule has 0 unspecified atom stereocenters. The van der Waals surface area contributed by atoms with Crippen LogP contribution in [0.2, 0.25) is 0 Å². The van der Waals surface area contributed by atoms with E-state index in [-0.39, 0.29) is 27.9 Å². The fourth-order valence-electron chi connectivity index (χ4n) is 2.73. The Morgan fingerprint density at radius 2 is 1.58 bits per heavy atom. The van der Waals surface area contributed by atoms with E-state index in [4.69, 9.17) is 5.11 Å². The van der Waals surface area contributed by atoms with Crippen molar-refractivity contribution in [1.82, 2.24) is 10.4 Å². The van der Waals surface area contributed by atoms with Crippen LogP contribution in [-0.2, 0) is 4.79 Å². The number of aromatic carboxylic acids is 1. The summed E-state index contributed by atoms with van der Waals surface area (Å²) in [5.74, 6) is -5.44. The number of aliphatic hydroxyl groups is 1. The molecule has 0 radical (unpaired) electrons. The highest BCUT2D eigenvalue weighted by molar-refractivity contribution is 6.23. The number of nitro benzene ring substituents is 1. The molecule has 0 fully saturated rings. The van der Waals surface area contributed by atoms with Crippen molar-refractivity contribution in [2.45, 2.75) is 0 Å². The number of carboxylic acids is 1. The lowest BCUT2D eigenvalue weighted by atomic mass is 10.1. The number of benzene rings is 2. The van der Waals surface area contributed by atoms with Crippen molar-refractivity contribution >= 4 is 35.1 Å². The molecule has 2 aromatic carbocycles. The molecule has 154 valence electrons. The lowest BCUT2D eigenvalue weighted by molar-refractivity contribution is -0.384. The van der Waals surface area contributed by atoms with Crippen molar-refractivity contribution in [3.63, 3.8) is 0 Å². The Kier molecular flexibility index (Phi) is 5.17. The molecule has 2 aromatic rings. The number of aliphatic hydroxyl groups excluding tert-OH is 1. The van der Waals surface area contributed by atoms with E-state index >= 15 is 0 Å². The Morgan fingerprint density at radius 3 is 2.13 bits per heavy atom. The molecule has 0 spiro atoms. The number of hydrogen-bond acceptors (Lipinski definition) is 8.